The van der Waals surface area contributed by atoms with Gasteiger partial charge in [-0.05, 0) is 26.3 Å². The number of carbonyl (C=O) groups is 3. The van der Waals surface area contributed by atoms with Crippen molar-refractivity contribution in [3.8, 4) is 11.5 Å². The first kappa shape index (κ1) is 27.2. The number of ether oxygens (including phenoxy) is 4. The first-order valence-corrected chi connectivity index (χ1v) is 10.9. The molecule has 10 nitrogen and oxygen atoms in total. The number of hydrogen-bond acceptors (Lipinski definition) is 8. The topological polar surface area (TPSA) is 107 Å². The molecule has 32 heavy (non-hydrogen) atoms. The number of benzene rings is 1. The molecule has 0 saturated carbocycles. The zero-order valence-electron chi connectivity index (χ0n) is 19.7. The van der Waals surface area contributed by atoms with E-state index >= 15 is 0 Å². The van der Waals surface area contributed by atoms with Gasteiger partial charge in [-0.15, -0.1) is 0 Å². The minimum absolute atomic E-state index is 0.325. The zero-order valence-corrected chi connectivity index (χ0v) is 20.5. The molecule has 0 unspecified atom stereocenters. The molecule has 0 aromatic heterocycles. The van der Waals surface area contributed by atoms with E-state index < -0.39 is 18.3 Å². The molecule has 1 aliphatic heterocycles. The third kappa shape index (κ3) is 8.74. The highest BCUT2D eigenvalue weighted by atomic mass is 32.2. The first-order chi connectivity index (χ1) is 15.0. The lowest BCUT2D eigenvalue weighted by molar-refractivity contribution is 0.129. The average molecular weight is 472 g/mol. The smallest absolute Gasteiger partial charge is 0.426 e. The SMILES string of the molecule is CCCCOC(=O)N(C)SN(C)C(=O)Oc1cccc2c1OC(C)(C)C2.CNC(=O)OC. The van der Waals surface area contributed by atoms with Gasteiger partial charge in [0.25, 0.3) is 0 Å². The largest absolute Gasteiger partial charge is 0.483 e. The summed E-state index contributed by atoms with van der Waals surface area (Å²) in [6.45, 7) is 6.35. The van der Waals surface area contributed by atoms with E-state index in [1.54, 1.807) is 6.07 Å². The zero-order chi connectivity index (χ0) is 24.3. The van der Waals surface area contributed by atoms with Gasteiger partial charge in [0.15, 0.2) is 11.5 Å². The number of alkyl carbamates (subject to hydrolysis) is 1. The van der Waals surface area contributed by atoms with Gasteiger partial charge in [-0.1, -0.05) is 25.5 Å². The van der Waals surface area contributed by atoms with Gasteiger partial charge in [-0.25, -0.2) is 23.0 Å². The lowest BCUT2D eigenvalue weighted by atomic mass is 10.0. The summed E-state index contributed by atoms with van der Waals surface area (Å²) in [6, 6.07) is 5.48. The Bertz CT molecular complexity index is 783. The highest BCUT2D eigenvalue weighted by Crippen LogP contribution is 2.42. The number of unbranched alkanes of at least 4 members (excludes halogenated alkanes) is 1. The molecule has 1 heterocycles. The van der Waals surface area contributed by atoms with Crippen molar-refractivity contribution in [2.24, 2.45) is 0 Å². The van der Waals surface area contributed by atoms with Crippen LogP contribution in [0.5, 0.6) is 11.5 Å². The minimum Gasteiger partial charge on any atom is -0.483 e. The fourth-order valence-corrected chi connectivity index (χ4v) is 3.16. The molecule has 2 rings (SSSR count). The Hall–Kier alpha value is -2.82. The van der Waals surface area contributed by atoms with Gasteiger partial charge >= 0.3 is 18.3 Å². The van der Waals surface area contributed by atoms with Gasteiger partial charge in [-0.3, -0.25) is 0 Å². The van der Waals surface area contributed by atoms with Crippen molar-refractivity contribution < 1.29 is 33.3 Å². The lowest BCUT2D eigenvalue weighted by Gasteiger charge is -2.22. The minimum atomic E-state index is -0.607. The molecule has 0 bridgehead atoms. The molecule has 0 spiro atoms. The van der Waals surface area contributed by atoms with E-state index in [1.807, 2.05) is 32.9 Å². The van der Waals surface area contributed by atoms with E-state index in [0.717, 1.165) is 37.0 Å². The third-order valence-electron chi connectivity index (χ3n) is 4.12. The second-order valence-electron chi connectivity index (χ2n) is 7.44. The van der Waals surface area contributed by atoms with E-state index in [0.29, 0.717) is 18.1 Å². The second-order valence-corrected chi connectivity index (χ2v) is 8.70. The van der Waals surface area contributed by atoms with Crippen LogP contribution in [0.15, 0.2) is 18.2 Å². The summed E-state index contributed by atoms with van der Waals surface area (Å²) in [5, 5.41) is 2.25. The number of nitrogens with zero attached hydrogens (tertiary/aromatic N) is 2. The van der Waals surface area contributed by atoms with Gasteiger partial charge in [-0.2, -0.15) is 0 Å². The van der Waals surface area contributed by atoms with Crippen molar-refractivity contribution in [3.63, 3.8) is 0 Å². The van der Waals surface area contributed by atoms with Crippen LogP contribution in [0.3, 0.4) is 0 Å². The quantitative estimate of drug-likeness (QED) is 0.485. The van der Waals surface area contributed by atoms with E-state index in [9.17, 15) is 14.4 Å². The summed E-state index contributed by atoms with van der Waals surface area (Å²) in [5.74, 6) is 0.968. The highest BCUT2D eigenvalue weighted by molar-refractivity contribution is 7.95. The molecular weight excluding hydrogens is 438 g/mol. The summed E-state index contributed by atoms with van der Waals surface area (Å²) >= 11 is 0.903. The number of fused-ring (bicyclic) bond motifs is 1. The second kappa shape index (κ2) is 12.9. The van der Waals surface area contributed by atoms with Crippen molar-refractivity contribution in [1.82, 2.24) is 13.9 Å². The van der Waals surface area contributed by atoms with Crippen LogP contribution in [-0.2, 0) is 15.9 Å². The Morgan fingerprint density at radius 3 is 2.41 bits per heavy atom. The average Bonchev–Trinajstić information content (AvgIpc) is 3.08. The van der Waals surface area contributed by atoms with Gasteiger partial charge in [0, 0.05) is 33.1 Å². The Labute approximate surface area is 193 Å². The predicted octanol–water partition coefficient (Wildman–Crippen LogP) is 4.23. The van der Waals surface area contributed by atoms with Gasteiger partial charge < -0.3 is 24.3 Å². The number of para-hydroxylation sites is 1. The van der Waals surface area contributed by atoms with E-state index in [-0.39, 0.29) is 5.60 Å². The molecule has 1 N–H and O–H groups in total. The highest BCUT2D eigenvalue weighted by Gasteiger charge is 2.33. The van der Waals surface area contributed by atoms with Gasteiger partial charge in [0.05, 0.1) is 25.9 Å². The van der Waals surface area contributed by atoms with Crippen LogP contribution in [0.2, 0.25) is 0 Å². The summed E-state index contributed by atoms with van der Waals surface area (Å²) in [7, 11) is 5.88. The van der Waals surface area contributed by atoms with Crippen LogP contribution >= 0.6 is 12.1 Å². The number of nitrogens with one attached hydrogen (secondary N) is 1. The monoisotopic (exact) mass is 471 g/mol. The van der Waals surface area contributed by atoms with E-state index in [1.165, 1.54) is 36.9 Å². The molecule has 0 aliphatic carbocycles. The molecule has 1 aromatic rings. The summed E-state index contributed by atoms with van der Waals surface area (Å²) in [5.41, 5.74) is 0.681. The predicted molar refractivity (Wildman–Crippen MR) is 122 cm³/mol. The van der Waals surface area contributed by atoms with Gasteiger partial charge in [0.2, 0.25) is 0 Å². The molecule has 0 saturated heterocycles. The van der Waals surface area contributed by atoms with Crippen LogP contribution < -0.4 is 14.8 Å². The molecule has 0 atom stereocenters. The third-order valence-corrected chi connectivity index (χ3v) is 4.91. The number of amides is 3. The number of methoxy groups -OCH3 is 1. The maximum absolute atomic E-state index is 12.3. The number of hydrogen-bond donors (Lipinski definition) is 1. The van der Waals surface area contributed by atoms with Crippen molar-refractivity contribution in [3.05, 3.63) is 23.8 Å². The molecular formula is C21H33N3O7S. The summed E-state index contributed by atoms with van der Waals surface area (Å²) in [6.07, 6.45) is 0.979. The van der Waals surface area contributed by atoms with E-state index in [2.05, 4.69) is 10.1 Å². The van der Waals surface area contributed by atoms with Crippen molar-refractivity contribution >= 4 is 30.4 Å². The first-order valence-electron chi connectivity index (χ1n) is 10.1. The Morgan fingerprint density at radius 2 is 1.84 bits per heavy atom. The van der Waals surface area contributed by atoms with E-state index in [4.69, 9.17) is 14.2 Å². The summed E-state index contributed by atoms with van der Waals surface area (Å²) < 4.78 is 23.1. The molecule has 1 aliphatic rings. The Morgan fingerprint density at radius 1 is 1.19 bits per heavy atom. The number of carbonyl (C=O) groups excluding carboxylic acids is 3. The summed E-state index contributed by atoms with van der Waals surface area (Å²) in [4.78, 5) is 34.0. The lowest BCUT2D eigenvalue weighted by Crippen LogP contribution is -2.31. The standard InChI is InChI=1S/C18H26N2O5S.C3H7NO2/c1-6-7-11-23-16(21)19(4)26-20(5)17(22)24-14-10-8-9-13-12-18(2,3)25-15(13)14;1-4-3(5)6-2/h8-10H,6-7,11-12H2,1-5H3;1-2H3,(H,4,5). The fraction of sp³-hybridized carbons (Fsp3) is 0.571. The molecule has 0 radical (unpaired) electrons. The Balaban J connectivity index is 0.000000751. The van der Waals surface area contributed by atoms with Crippen LogP contribution in [0.1, 0.15) is 39.2 Å². The van der Waals surface area contributed by atoms with Crippen LogP contribution in [0, 0.1) is 0 Å². The number of rotatable bonds is 6. The molecule has 0 fully saturated rings. The molecule has 3 amide bonds. The van der Waals surface area contributed by atoms with Gasteiger partial charge in [0.1, 0.15) is 5.60 Å². The van der Waals surface area contributed by atoms with Crippen molar-refractivity contribution in [2.75, 3.05) is 34.9 Å². The van der Waals surface area contributed by atoms with Crippen LogP contribution in [-0.4, -0.2) is 67.4 Å². The normalized spacial score (nSPS) is 12.8. The Kier molecular flexibility index (Phi) is 11.0. The molecule has 180 valence electrons. The maximum Gasteiger partial charge on any atom is 0.426 e. The molecule has 11 heteroatoms. The van der Waals surface area contributed by atoms with Crippen LogP contribution in [0.25, 0.3) is 0 Å². The van der Waals surface area contributed by atoms with Crippen molar-refractivity contribution in [2.45, 2.75) is 45.6 Å². The maximum atomic E-state index is 12.3. The van der Waals surface area contributed by atoms with Crippen LogP contribution in [0.4, 0.5) is 14.4 Å². The fourth-order valence-electron chi connectivity index (χ4n) is 2.57. The van der Waals surface area contributed by atoms with Crippen molar-refractivity contribution in [1.29, 1.82) is 0 Å². The molecule has 1 aromatic carbocycles.